The molecule has 0 radical (unpaired) electrons. The Labute approximate surface area is 176 Å². The van der Waals surface area contributed by atoms with Crippen LogP contribution in [0.25, 0.3) is 0 Å². The van der Waals surface area contributed by atoms with Crippen LogP contribution in [0.15, 0.2) is 36.5 Å². The van der Waals surface area contributed by atoms with Crippen LogP contribution < -0.4 is 16.0 Å². The Morgan fingerprint density at radius 3 is 2.27 bits per heavy atom. The van der Waals surface area contributed by atoms with Gasteiger partial charge in [0.15, 0.2) is 5.69 Å². The first-order valence-electron chi connectivity index (χ1n) is 11.0. The Bertz CT molecular complexity index is 916. The maximum atomic E-state index is 12.9. The van der Waals surface area contributed by atoms with E-state index in [0.717, 1.165) is 37.0 Å². The summed E-state index contributed by atoms with van der Waals surface area (Å²) in [7, 11) is 0. The summed E-state index contributed by atoms with van der Waals surface area (Å²) in [5.41, 5.74) is 1.28. The van der Waals surface area contributed by atoms with Crippen molar-refractivity contribution in [3.63, 3.8) is 0 Å². The minimum absolute atomic E-state index is 0.0773. The van der Waals surface area contributed by atoms with Crippen molar-refractivity contribution < 1.29 is 9.59 Å². The van der Waals surface area contributed by atoms with E-state index >= 15 is 0 Å². The van der Waals surface area contributed by atoms with Gasteiger partial charge in [0.1, 0.15) is 0 Å². The summed E-state index contributed by atoms with van der Waals surface area (Å²) in [6, 6.07) is 9.02. The molecule has 0 unspecified atom stereocenters. The molecule has 30 heavy (non-hydrogen) atoms. The first kappa shape index (κ1) is 19.2. The molecular weight excluding hydrogens is 378 g/mol. The van der Waals surface area contributed by atoms with Crippen LogP contribution in [0.5, 0.6) is 0 Å². The van der Waals surface area contributed by atoms with Gasteiger partial charge in [0.2, 0.25) is 0 Å². The number of amides is 3. The van der Waals surface area contributed by atoms with Gasteiger partial charge in [0.05, 0.1) is 5.69 Å². The second-order valence-electron chi connectivity index (χ2n) is 9.34. The van der Waals surface area contributed by atoms with Gasteiger partial charge in [-0.05, 0) is 75.3 Å². The molecule has 7 heteroatoms. The Morgan fingerprint density at radius 2 is 1.67 bits per heavy atom. The zero-order chi connectivity index (χ0) is 20.7. The van der Waals surface area contributed by atoms with Crippen LogP contribution in [0, 0.1) is 17.8 Å². The van der Waals surface area contributed by atoms with E-state index in [2.05, 4.69) is 21.0 Å². The molecule has 1 aromatic heterocycles. The number of rotatable bonds is 5. The number of hydrogen-bond acceptors (Lipinski definition) is 3. The van der Waals surface area contributed by atoms with E-state index in [1.165, 1.54) is 19.3 Å². The lowest BCUT2D eigenvalue weighted by Gasteiger charge is -2.56. The van der Waals surface area contributed by atoms with Crippen molar-refractivity contribution in [1.82, 2.24) is 15.1 Å². The van der Waals surface area contributed by atoms with E-state index in [4.69, 9.17) is 0 Å². The van der Waals surface area contributed by atoms with Crippen molar-refractivity contribution in [3.8, 4) is 0 Å². The second-order valence-corrected chi connectivity index (χ2v) is 9.34. The molecule has 4 aliphatic carbocycles. The predicted octanol–water partition coefficient (Wildman–Crippen LogP) is 4.25. The number of carbonyl (C=O) groups is 2. The molecule has 7 nitrogen and oxygen atoms in total. The standard InChI is InChI=1S/C23H29N5O2/c1-2-28-14-19(20(27-28)21(29)24-18-6-4-3-5-7-18)25-22(30)26-23-11-15-8-16(12-23)10-17(9-15)13-23/h3-7,14-17H,2,8-13H2,1H3,(H,24,29)(H2,25,26,30). The molecule has 4 bridgehead atoms. The molecule has 0 atom stereocenters. The highest BCUT2D eigenvalue weighted by Crippen LogP contribution is 2.55. The lowest BCUT2D eigenvalue weighted by molar-refractivity contribution is -0.0127. The maximum Gasteiger partial charge on any atom is 0.319 e. The molecule has 1 aromatic carbocycles. The van der Waals surface area contributed by atoms with E-state index < -0.39 is 0 Å². The van der Waals surface area contributed by atoms with Gasteiger partial charge in [-0.2, -0.15) is 5.10 Å². The Hall–Kier alpha value is -2.83. The van der Waals surface area contributed by atoms with E-state index in [9.17, 15) is 9.59 Å². The van der Waals surface area contributed by atoms with Gasteiger partial charge < -0.3 is 16.0 Å². The lowest BCUT2D eigenvalue weighted by atomic mass is 9.53. The van der Waals surface area contributed by atoms with Crippen LogP contribution in [0.3, 0.4) is 0 Å². The zero-order valence-corrected chi connectivity index (χ0v) is 17.4. The van der Waals surface area contributed by atoms with Crippen LogP contribution in [0.1, 0.15) is 55.9 Å². The number of hydrogen-bond donors (Lipinski definition) is 3. The number of carbonyl (C=O) groups excluding carboxylic acids is 2. The first-order chi connectivity index (χ1) is 14.5. The average Bonchev–Trinajstić information content (AvgIpc) is 3.10. The van der Waals surface area contributed by atoms with Crippen LogP contribution in [-0.4, -0.2) is 27.3 Å². The molecule has 158 valence electrons. The summed E-state index contributed by atoms with van der Waals surface area (Å²) in [6.07, 6.45) is 8.96. The van der Waals surface area contributed by atoms with E-state index in [1.54, 1.807) is 10.9 Å². The minimum atomic E-state index is -0.335. The molecule has 1 heterocycles. The van der Waals surface area contributed by atoms with Crippen molar-refractivity contribution in [1.29, 1.82) is 0 Å². The van der Waals surface area contributed by atoms with Gasteiger partial charge >= 0.3 is 6.03 Å². The summed E-state index contributed by atoms with van der Waals surface area (Å²) in [4.78, 5) is 25.7. The molecule has 0 aliphatic heterocycles. The second kappa shape index (κ2) is 7.45. The van der Waals surface area contributed by atoms with Crippen molar-refractivity contribution >= 4 is 23.3 Å². The number of nitrogens with zero attached hydrogens (tertiary/aromatic N) is 2. The molecule has 6 rings (SSSR count). The number of nitrogens with one attached hydrogen (secondary N) is 3. The highest BCUT2D eigenvalue weighted by molar-refractivity contribution is 6.08. The van der Waals surface area contributed by atoms with Crippen molar-refractivity contribution in [3.05, 3.63) is 42.2 Å². The molecule has 0 saturated heterocycles. The molecule has 0 spiro atoms. The number of benzene rings is 1. The van der Waals surface area contributed by atoms with E-state index in [0.29, 0.717) is 17.9 Å². The van der Waals surface area contributed by atoms with Crippen LogP contribution >= 0.6 is 0 Å². The summed E-state index contributed by atoms with van der Waals surface area (Å²) < 4.78 is 1.67. The molecule has 4 saturated carbocycles. The molecule has 3 N–H and O–H groups in total. The Morgan fingerprint density at radius 1 is 1.03 bits per heavy atom. The normalized spacial score (nSPS) is 28.9. The molecule has 4 aliphatic rings. The summed E-state index contributed by atoms with van der Waals surface area (Å²) in [6.45, 7) is 2.56. The molecular formula is C23H29N5O2. The molecule has 3 amide bonds. The van der Waals surface area contributed by atoms with Crippen LogP contribution in [0.4, 0.5) is 16.2 Å². The van der Waals surface area contributed by atoms with Gasteiger partial charge in [-0.3, -0.25) is 9.48 Å². The quantitative estimate of drug-likeness (QED) is 0.692. The van der Waals surface area contributed by atoms with Crippen molar-refractivity contribution in [2.45, 2.75) is 57.5 Å². The number of urea groups is 1. The first-order valence-corrected chi connectivity index (χ1v) is 11.0. The summed E-state index contributed by atoms with van der Waals surface area (Å²) in [5, 5.41) is 13.4. The number of aryl methyl sites for hydroxylation is 1. The van der Waals surface area contributed by atoms with Crippen molar-refractivity contribution in [2.75, 3.05) is 10.6 Å². The Kier molecular flexibility index (Phi) is 4.76. The van der Waals surface area contributed by atoms with Gasteiger partial charge in [-0.15, -0.1) is 0 Å². The number of aromatic nitrogens is 2. The molecule has 4 fully saturated rings. The third-order valence-corrected chi connectivity index (χ3v) is 7.00. The topological polar surface area (TPSA) is 88.0 Å². The average molecular weight is 408 g/mol. The van der Waals surface area contributed by atoms with E-state index in [1.807, 2.05) is 37.3 Å². The smallest absolute Gasteiger partial charge is 0.319 e. The molecule has 2 aromatic rings. The van der Waals surface area contributed by atoms with Crippen LogP contribution in [0.2, 0.25) is 0 Å². The third-order valence-electron chi connectivity index (χ3n) is 7.00. The fourth-order valence-corrected chi connectivity index (χ4v) is 6.21. The zero-order valence-electron chi connectivity index (χ0n) is 17.4. The highest BCUT2D eigenvalue weighted by atomic mass is 16.2. The van der Waals surface area contributed by atoms with Gasteiger partial charge in [-0.25, -0.2) is 4.79 Å². The van der Waals surface area contributed by atoms with Gasteiger partial charge in [0.25, 0.3) is 5.91 Å². The summed E-state index contributed by atoms with van der Waals surface area (Å²) >= 11 is 0. The fraction of sp³-hybridized carbons (Fsp3) is 0.522. The Balaban J connectivity index is 1.30. The van der Waals surface area contributed by atoms with E-state index in [-0.39, 0.29) is 23.2 Å². The maximum absolute atomic E-state index is 12.9. The minimum Gasteiger partial charge on any atom is -0.332 e. The van der Waals surface area contributed by atoms with Gasteiger partial charge in [-0.1, -0.05) is 18.2 Å². The number of para-hydroxylation sites is 1. The fourth-order valence-electron chi connectivity index (χ4n) is 6.21. The number of anilines is 2. The highest BCUT2D eigenvalue weighted by Gasteiger charge is 2.51. The van der Waals surface area contributed by atoms with Crippen LogP contribution in [-0.2, 0) is 6.54 Å². The largest absolute Gasteiger partial charge is 0.332 e. The van der Waals surface area contributed by atoms with Gasteiger partial charge in [0, 0.05) is 24.0 Å². The monoisotopic (exact) mass is 407 g/mol. The SMILES string of the molecule is CCn1cc(NC(=O)NC23CC4CC(CC(C4)C2)C3)c(C(=O)Nc2ccccc2)n1. The third kappa shape index (κ3) is 3.68. The summed E-state index contributed by atoms with van der Waals surface area (Å²) in [5.74, 6) is 1.93. The lowest BCUT2D eigenvalue weighted by Crippen LogP contribution is -2.60. The predicted molar refractivity (Wildman–Crippen MR) is 115 cm³/mol. The van der Waals surface area contributed by atoms with Crippen molar-refractivity contribution in [2.24, 2.45) is 17.8 Å².